The zero-order valence-corrected chi connectivity index (χ0v) is 12.3. The highest BCUT2D eigenvalue weighted by Crippen LogP contribution is 2.19. The lowest BCUT2D eigenvalue weighted by molar-refractivity contribution is -0.137. The summed E-state index contributed by atoms with van der Waals surface area (Å²) in [6.45, 7) is 3.99. The lowest BCUT2D eigenvalue weighted by Gasteiger charge is -2.15. The average Bonchev–Trinajstić information content (AvgIpc) is 2.44. The van der Waals surface area contributed by atoms with E-state index in [0.717, 1.165) is 6.42 Å². The van der Waals surface area contributed by atoms with E-state index in [4.69, 9.17) is 15.6 Å². The first-order chi connectivity index (χ1) is 9.92. The molecule has 0 fully saturated rings. The minimum absolute atomic E-state index is 0.0915. The summed E-state index contributed by atoms with van der Waals surface area (Å²) >= 11 is 0. The summed E-state index contributed by atoms with van der Waals surface area (Å²) in [5, 5.41) is 11.2. The maximum absolute atomic E-state index is 11.8. The van der Waals surface area contributed by atoms with Crippen LogP contribution in [0.25, 0.3) is 0 Å². The summed E-state index contributed by atoms with van der Waals surface area (Å²) in [5.41, 5.74) is 6.22. The highest BCUT2D eigenvalue weighted by molar-refractivity contribution is 5.95. The van der Waals surface area contributed by atoms with Gasteiger partial charge >= 0.3 is 5.97 Å². The quantitative estimate of drug-likeness (QED) is 0.680. The number of ether oxygens (including phenoxy) is 1. The number of hydrogen-bond acceptors (Lipinski definition) is 4. The first-order valence-corrected chi connectivity index (χ1v) is 6.97. The Labute approximate surface area is 124 Å². The number of carbonyl (C=O) groups excluding carboxylic acids is 1. The number of carbonyl (C=O) groups is 2. The third-order valence-corrected chi connectivity index (χ3v) is 3.02. The van der Waals surface area contributed by atoms with Crippen LogP contribution in [0.4, 0.5) is 5.69 Å². The molecule has 6 nitrogen and oxygen atoms in total. The maximum Gasteiger partial charge on any atom is 0.303 e. The van der Waals surface area contributed by atoms with Gasteiger partial charge < -0.3 is 20.9 Å². The highest BCUT2D eigenvalue weighted by Gasteiger charge is 2.15. The Morgan fingerprint density at radius 2 is 2.14 bits per heavy atom. The van der Waals surface area contributed by atoms with Gasteiger partial charge in [-0.25, -0.2) is 0 Å². The number of nitrogens with one attached hydrogen (secondary N) is 1. The molecule has 2 unspecified atom stereocenters. The van der Waals surface area contributed by atoms with Gasteiger partial charge in [-0.1, -0.05) is 13.0 Å². The number of benzene rings is 1. The van der Waals surface area contributed by atoms with Gasteiger partial charge in [0, 0.05) is 18.2 Å². The van der Waals surface area contributed by atoms with E-state index in [-0.39, 0.29) is 18.9 Å². The van der Waals surface area contributed by atoms with E-state index in [1.165, 1.54) is 0 Å². The van der Waals surface area contributed by atoms with Crippen molar-refractivity contribution >= 4 is 17.6 Å². The fourth-order valence-corrected chi connectivity index (χ4v) is 1.61. The molecule has 0 aliphatic carbocycles. The molecule has 1 aromatic rings. The standard InChI is InChI=1S/C15H22N2O4/c1-3-10(2)21-12-6-4-5-11(9-12)17-15(20)13(16)7-8-14(18)19/h4-6,9-10,13H,3,7-8,16H2,1-2H3,(H,17,20)(H,18,19). The number of aliphatic carboxylic acids is 1. The molecule has 0 bridgehead atoms. The number of rotatable bonds is 8. The largest absolute Gasteiger partial charge is 0.491 e. The number of carboxylic acid groups (broad SMARTS) is 1. The van der Waals surface area contributed by atoms with Crippen molar-refractivity contribution in [1.82, 2.24) is 0 Å². The van der Waals surface area contributed by atoms with E-state index >= 15 is 0 Å². The minimum Gasteiger partial charge on any atom is -0.491 e. The number of hydrogen-bond donors (Lipinski definition) is 3. The Morgan fingerprint density at radius 1 is 1.43 bits per heavy atom. The van der Waals surface area contributed by atoms with Gasteiger partial charge in [-0.2, -0.15) is 0 Å². The SMILES string of the molecule is CCC(C)Oc1cccc(NC(=O)C(N)CCC(=O)O)c1. The topological polar surface area (TPSA) is 102 Å². The van der Waals surface area contributed by atoms with E-state index in [1.54, 1.807) is 18.2 Å². The van der Waals surface area contributed by atoms with Gasteiger partial charge in [0.25, 0.3) is 0 Å². The van der Waals surface area contributed by atoms with Crippen molar-refractivity contribution in [3.63, 3.8) is 0 Å². The third kappa shape index (κ3) is 6.27. The summed E-state index contributed by atoms with van der Waals surface area (Å²) in [6.07, 6.45) is 0.945. The molecule has 0 aliphatic heterocycles. The highest BCUT2D eigenvalue weighted by atomic mass is 16.5. The van der Waals surface area contributed by atoms with Crippen LogP contribution in [0.5, 0.6) is 5.75 Å². The molecule has 0 saturated heterocycles. The number of amides is 1. The number of anilines is 1. The molecule has 21 heavy (non-hydrogen) atoms. The van der Waals surface area contributed by atoms with E-state index in [2.05, 4.69) is 5.32 Å². The van der Waals surface area contributed by atoms with Gasteiger partial charge in [-0.3, -0.25) is 9.59 Å². The molecule has 0 aliphatic rings. The zero-order chi connectivity index (χ0) is 15.8. The van der Waals surface area contributed by atoms with Crippen LogP contribution in [0, 0.1) is 0 Å². The molecule has 0 heterocycles. The minimum atomic E-state index is -0.970. The van der Waals surface area contributed by atoms with E-state index in [0.29, 0.717) is 11.4 Å². The molecule has 2 atom stereocenters. The second-order valence-corrected chi connectivity index (χ2v) is 4.89. The summed E-state index contributed by atoms with van der Waals surface area (Å²) < 4.78 is 5.66. The maximum atomic E-state index is 11.8. The summed E-state index contributed by atoms with van der Waals surface area (Å²) in [4.78, 5) is 22.3. The first-order valence-electron chi connectivity index (χ1n) is 6.97. The predicted molar refractivity (Wildman–Crippen MR) is 80.3 cm³/mol. The normalized spacial score (nSPS) is 13.3. The molecule has 0 saturated carbocycles. The first kappa shape index (κ1) is 17.0. The van der Waals surface area contributed by atoms with E-state index in [9.17, 15) is 9.59 Å². The Balaban J connectivity index is 2.59. The summed E-state index contributed by atoms with van der Waals surface area (Å²) in [7, 11) is 0. The predicted octanol–water partition coefficient (Wildman–Crippen LogP) is 1.99. The molecular weight excluding hydrogens is 272 g/mol. The Kier molecular flexibility index (Phi) is 6.68. The van der Waals surface area contributed by atoms with Crippen LogP contribution in [-0.2, 0) is 9.59 Å². The van der Waals surface area contributed by atoms with Gasteiger partial charge in [-0.05, 0) is 31.9 Å². The molecular formula is C15H22N2O4. The third-order valence-electron chi connectivity index (χ3n) is 3.02. The van der Waals surface area contributed by atoms with Crippen molar-refractivity contribution in [3.05, 3.63) is 24.3 Å². The molecule has 0 spiro atoms. The van der Waals surface area contributed by atoms with Crippen LogP contribution in [-0.4, -0.2) is 29.1 Å². The van der Waals surface area contributed by atoms with Crippen molar-refractivity contribution in [2.75, 3.05) is 5.32 Å². The van der Waals surface area contributed by atoms with Gasteiger partial charge in [0.05, 0.1) is 12.1 Å². The van der Waals surface area contributed by atoms with Gasteiger partial charge in [0.15, 0.2) is 0 Å². The monoisotopic (exact) mass is 294 g/mol. The van der Waals surface area contributed by atoms with E-state index in [1.807, 2.05) is 19.9 Å². The smallest absolute Gasteiger partial charge is 0.303 e. The lowest BCUT2D eigenvalue weighted by atomic mass is 10.1. The molecule has 1 rings (SSSR count). The average molecular weight is 294 g/mol. The van der Waals surface area contributed by atoms with Crippen molar-refractivity contribution < 1.29 is 19.4 Å². The Bertz CT molecular complexity index is 490. The fourth-order valence-electron chi connectivity index (χ4n) is 1.61. The molecule has 0 aromatic heterocycles. The van der Waals surface area contributed by atoms with Gasteiger partial charge in [0.1, 0.15) is 5.75 Å². The molecule has 1 amide bonds. The Morgan fingerprint density at radius 3 is 2.76 bits per heavy atom. The summed E-state index contributed by atoms with van der Waals surface area (Å²) in [5.74, 6) is -0.708. The van der Waals surface area contributed by atoms with Crippen LogP contribution in [0.1, 0.15) is 33.1 Å². The second kappa shape index (κ2) is 8.26. The van der Waals surface area contributed by atoms with Crippen molar-refractivity contribution in [1.29, 1.82) is 0 Å². The van der Waals surface area contributed by atoms with Crippen LogP contribution in [0.2, 0.25) is 0 Å². The zero-order valence-electron chi connectivity index (χ0n) is 12.3. The van der Waals surface area contributed by atoms with Crippen molar-refractivity contribution in [2.24, 2.45) is 5.73 Å². The van der Waals surface area contributed by atoms with Crippen LogP contribution < -0.4 is 15.8 Å². The Hall–Kier alpha value is -2.08. The van der Waals surface area contributed by atoms with Crippen LogP contribution >= 0.6 is 0 Å². The molecule has 4 N–H and O–H groups in total. The number of nitrogens with two attached hydrogens (primary N) is 1. The van der Waals surface area contributed by atoms with Crippen molar-refractivity contribution in [2.45, 2.75) is 45.3 Å². The molecule has 116 valence electrons. The van der Waals surface area contributed by atoms with Crippen LogP contribution in [0.3, 0.4) is 0 Å². The van der Waals surface area contributed by atoms with Crippen molar-refractivity contribution in [3.8, 4) is 5.75 Å². The van der Waals surface area contributed by atoms with E-state index < -0.39 is 17.9 Å². The lowest BCUT2D eigenvalue weighted by Crippen LogP contribution is -2.36. The van der Waals surface area contributed by atoms with Crippen LogP contribution in [0.15, 0.2) is 24.3 Å². The molecule has 6 heteroatoms. The summed E-state index contributed by atoms with van der Waals surface area (Å²) in [6, 6.07) is 6.18. The fraction of sp³-hybridized carbons (Fsp3) is 0.467. The van der Waals surface area contributed by atoms with Gasteiger partial charge in [-0.15, -0.1) is 0 Å². The van der Waals surface area contributed by atoms with Gasteiger partial charge in [0.2, 0.25) is 5.91 Å². The molecule has 1 aromatic carbocycles. The second-order valence-electron chi connectivity index (χ2n) is 4.89. The number of carboxylic acids is 1. The molecule has 0 radical (unpaired) electrons.